The molecule has 16 amide bonds. The number of rotatable bonds is 41. The number of likely N-dealkylation sites (tertiary alicyclic amines) is 3. The molecule has 0 unspecified atom stereocenters. The fourth-order valence-corrected chi connectivity index (χ4v) is 13.3. The van der Waals surface area contributed by atoms with Crippen molar-refractivity contribution in [2.45, 2.75) is 236 Å². The predicted molar refractivity (Wildman–Crippen MR) is 390 cm³/mol. The van der Waals surface area contributed by atoms with Gasteiger partial charge in [0.2, 0.25) is 94.5 Å². The lowest BCUT2D eigenvalue weighted by Crippen LogP contribution is -2.61. The Bertz CT molecular complexity index is 3720. The molecule has 20 N–H and O–H groups in total. The highest BCUT2D eigenvalue weighted by Gasteiger charge is 2.46. The Morgan fingerprint density at radius 3 is 1.61 bits per heavy atom. The molecule has 0 aliphatic carbocycles. The fourth-order valence-electron chi connectivity index (χ4n) is 13.3. The van der Waals surface area contributed by atoms with E-state index in [2.05, 4.69) is 73.8 Å². The van der Waals surface area contributed by atoms with Gasteiger partial charge in [0.1, 0.15) is 84.3 Å². The minimum Gasteiger partial charge on any atom is -0.508 e. The van der Waals surface area contributed by atoms with E-state index in [9.17, 15) is 102 Å². The molecule has 4 saturated heterocycles. The zero-order valence-corrected chi connectivity index (χ0v) is 63.2. The molecule has 0 radical (unpaired) electrons. The largest absolute Gasteiger partial charge is 0.508 e. The highest BCUT2D eigenvalue weighted by Crippen LogP contribution is 2.28. The number of aliphatic carboxylic acids is 2. The molecule has 4 aliphatic heterocycles. The third kappa shape index (κ3) is 26.5. The molecule has 1 aromatic heterocycles. The van der Waals surface area contributed by atoms with Gasteiger partial charge in [-0.15, -0.1) is 0 Å². The van der Waals surface area contributed by atoms with Crippen LogP contribution < -0.4 is 75.3 Å². The SMILES string of the molecule is CC[C@H](C)[C@H](NC(=O)[C@H](CC(C)C)NC(=O)[C@H](CCC(N)=O)NC(=O)[C@H](CC(N)=O)NC(=O)[C@H](C)NC(=O)CNC(=O)[C@H](Cc1cnc[nH]1)NC(=O)[C@H](CC(=O)O)NC(=O)[C@H](C)NC(=O)[C@H](Cc1ccc(O)cc1)NC(=O)[C@@H]1CCCN1C(=O)[C@@H]1CCCN1C(=O)[C@@H]1CCCN1)C(=O)N1CCC[C@H]1C(=O)N[C@@H](C)C(=O)O. The van der Waals surface area contributed by atoms with Crippen molar-refractivity contribution < 1.29 is 102 Å². The van der Waals surface area contributed by atoms with Crippen molar-refractivity contribution in [3.63, 3.8) is 0 Å². The number of hydrogen-bond donors (Lipinski definition) is 18. The summed E-state index contributed by atoms with van der Waals surface area (Å²) in [5.41, 5.74) is 11.6. The van der Waals surface area contributed by atoms with Gasteiger partial charge in [-0.3, -0.25) is 86.3 Å². The number of aromatic hydroxyl groups is 1. The molecule has 4 fully saturated rings. The number of imidazole rings is 1. The smallest absolute Gasteiger partial charge is 0.325 e. The van der Waals surface area contributed by atoms with Gasteiger partial charge < -0.3 is 110 Å². The van der Waals surface area contributed by atoms with Crippen molar-refractivity contribution >= 4 is 106 Å². The number of phenols is 1. The summed E-state index contributed by atoms with van der Waals surface area (Å²) in [5, 5.41) is 59.1. The molecule has 40 nitrogen and oxygen atoms in total. The van der Waals surface area contributed by atoms with Crippen molar-refractivity contribution in [1.82, 2.24) is 88.5 Å². The maximum atomic E-state index is 14.3. The first kappa shape index (κ1) is 88.6. The summed E-state index contributed by atoms with van der Waals surface area (Å²) in [7, 11) is 0. The third-order valence-corrected chi connectivity index (χ3v) is 19.6. The fraction of sp³-hybridized carbons (Fsp3) is 0.620. The average Bonchev–Trinajstić information content (AvgIpc) is 1.67. The Balaban J connectivity index is 1.07. The zero-order chi connectivity index (χ0) is 82.1. The number of aromatic amines is 1. The molecule has 610 valence electrons. The Morgan fingerprint density at radius 2 is 1.05 bits per heavy atom. The first-order chi connectivity index (χ1) is 52.5. The molecule has 2 aromatic rings. The van der Waals surface area contributed by atoms with Crippen LogP contribution in [0, 0.1) is 11.8 Å². The normalized spacial score (nSPS) is 19.6. The summed E-state index contributed by atoms with van der Waals surface area (Å²) in [6.07, 6.45) is 2.93. The number of primary amides is 2. The lowest BCUT2D eigenvalue weighted by molar-refractivity contribution is -0.147. The van der Waals surface area contributed by atoms with Gasteiger partial charge in [0.15, 0.2) is 0 Å². The zero-order valence-electron chi connectivity index (χ0n) is 63.2. The number of carbonyl (C=O) groups excluding carboxylic acids is 16. The molecule has 1 aromatic carbocycles. The maximum absolute atomic E-state index is 14.3. The molecule has 4 aliphatic rings. The number of phenolic OH excluding ortho intramolecular Hbond substituents is 1. The van der Waals surface area contributed by atoms with E-state index in [0.717, 1.165) is 13.3 Å². The molecule has 0 spiro atoms. The van der Waals surface area contributed by atoms with Gasteiger partial charge >= 0.3 is 11.9 Å². The van der Waals surface area contributed by atoms with E-state index >= 15 is 0 Å². The maximum Gasteiger partial charge on any atom is 0.325 e. The monoisotopic (exact) mass is 1560 g/mol. The van der Waals surface area contributed by atoms with Crippen LogP contribution in [0.25, 0.3) is 0 Å². The predicted octanol–water partition coefficient (Wildman–Crippen LogP) is -5.56. The van der Waals surface area contributed by atoms with Crippen LogP contribution in [0.15, 0.2) is 36.8 Å². The van der Waals surface area contributed by atoms with Gasteiger partial charge in [0.05, 0.1) is 31.8 Å². The van der Waals surface area contributed by atoms with Crippen LogP contribution in [0.1, 0.15) is 150 Å². The number of amides is 16. The van der Waals surface area contributed by atoms with Gasteiger partial charge in [0.25, 0.3) is 0 Å². The number of benzene rings is 1. The van der Waals surface area contributed by atoms with Crippen LogP contribution in [-0.4, -0.2) is 264 Å². The number of nitrogens with two attached hydrogens (primary N) is 2. The van der Waals surface area contributed by atoms with Crippen LogP contribution in [0.4, 0.5) is 0 Å². The van der Waals surface area contributed by atoms with E-state index < -0.39 is 223 Å². The molecule has 6 rings (SSSR count). The van der Waals surface area contributed by atoms with Gasteiger partial charge in [-0.1, -0.05) is 46.2 Å². The third-order valence-electron chi connectivity index (χ3n) is 19.6. The Hall–Kier alpha value is -11.3. The van der Waals surface area contributed by atoms with Crippen molar-refractivity contribution in [3.8, 4) is 5.75 Å². The van der Waals surface area contributed by atoms with Crippen molar-refractivity contribution in [2.24, 2.45) is 23.3 Å². The summed E-state index contributed by atoms with van der Waals surface area (Å²) < 4.78 is 0. The molecule has 0 bridgehead atoms. The van der Waals surface area contributed by atoms with Crippen LogP contribution in [0.3, 0.4) is 0 Å². The number of carboxylic acids is 2. The first-order valence-electron chi connectivity index (χ1n) is 37.2. The number of nitrogens with zero attached hydrogens (tertiary/aromatic N) is 4. The molecule has 111 heavy (non-hydrogen) atoms. The molecule has 5 heterocycles. The standard InChI is InChI=1S/C71H105N19O21/c1-8-36(4)57(70(109)89-25-11-14-50(89)66(105)80-39(7)71(110)111)87-65(104)45(27-35(2)3)84-61(100)43(21-22-53(72)92)81-63(102)48(30-54(73)93)82-58(97)37(5)78-55(94)33-76-60(99)47(29-41-32-74-34-77-41)85-64(103)49(31-56(95)96)83-59(98)38(6)79-62(101)46(28-40-17-19-42(91)20-18-40)86-67(106)51-15-10-24-88(51)69(108)52-16-12-26-90(52)68(107)44-13-9-23-75-44/h17-20,32,34-39,43-52,57,75,91H,8-16,21-31,33H2,1-7H3,(H2,72,92)(H2,73,93)(H,74,77)(H,76,99)(H,78,94)(H,79,101)(H,80,105)(H,81,102)(H,82,97)(H,83,98)(H,84,100)(H,85,103)(H,86,106)(H,87,104)(H,95,96)(H,110,111)/t36-,37-,38-,39-,43-,44-,45-,46-,47-,48-,49-,50-,51-,52-,57-/m0/s1. The number of hydrogen-bond acceptors (Lipinski definition) is 21. The summed E-state index contributed by atoms with van der Waals surface area (Å²) in [4.78, 5) is 254. The first-order valence-corrected chi connectivity index (χ1v) is 37.2. The number of carbonyl (C=O) groups is 18. The van der Waals surface area contributed by atoms with E-state index in [1.807, 2.05) is 0 Å². The van der Waals surface area contributed by atoms with Crippen molar-refractivity contribution in [1.29, 1.82) is 0 Å². The number of H-pyrrole nitrogens is 1. The summed E-state index contributed by atoms with van der Waals surface area (Å²) in [6, 6.07) is -13.3. The van der Waals surface area contributed by atoms with Crippen molar-refractivity contribution in [3.05, 3.63) is 48.0 Å². The molecular formula is C71H105N19O21. The van der Waals surface area contributed by atoms with E-state index in [4.69, 9.17) is 11.5 Å². The van der Waals surface area contributed by atoms with Crippen LogP contribution in [0.2, 0.25) is 0 Å². The van der Waals surface area contributed by atoms with E-state index in [1.54, 1.807) is 32.6 Å². The van der Waals surface area contributed by atoms with Gasteiger partial charge in [-0.25, -0.2) is 4.98 Å². The summed E-state index contributed by atoms with van der Waals surface area (Å²) >= 11 is 0. The van der Waals surface area contributed by atoms with E-state index in [-0.39, 0.29) is 68.5 Å². The van der Waals surface area contributed by atoms with Crippen LogP contribution >= 0.6 is 0 Å². The topological polar surface area (TPSA) is 603 Å². The second kappa shape index (κ2) is 42.0. The second-order valence-corrected chi connectivity index (χ2v) is 28.8. The summed E-state index contributed by atoms with van der Waals surface area (Å²) in [5.74, 6) is -18.2. The molecular weight excluding hydrogens is 1450 g/mol. The Kier molecular flexibility index (Phi) is 33.5. The van der Waals surface area contributed by atoms with Gasteiger partial charge in [0, 0.05) is 50.8 Å². The number of carboxylic acid groups (broad SMARTS) is 2. The second-order valence-electron chi connectivity index (χ2n) is 28.8. The van der Waals surface area contributed by atoms with Gasteiger partial charge in [-0.05, 0) is 121 Å². The lowest BCUT2D eigenvalue weighted by atomic mass is 9.95. The Morgan fingerprint density at radius 1 is 0.532 bits per heavy atom. The summed E-state index contributed by atoms with van der Waals surface area (Å²) in [6.45, 7) is 10.9. The molecule has 40 heteroatoms. The van der Waals surface area contributed by atoms with Crippen LogP contribution in [-0.2, 0) is 99.1 Å². The highest BCUT2D eigenvalue weighted by atomic mass is 16.4. The lowest BCUT2D eigenvalue weighted by Gasteiger charge is -2.33. The average molecular weight is 1560 g/mol. The van der Waals surface area contributed by atoms with Crippen molar-refractivity contribution in [2.75, 3.05) is 32.7 Å². The molecule has 15 atom stereocenters. The highest BCUT2D eigenvalue weighted by molar-refractivity contribution is 6.01. The minimum absolute atomic E-state index is 0.0479. The Labute approximate surface area is 639 Å². The van der Waals surface area contributed by atoms with E-state index in [1.165, 1.54) is 60.4 Å². The quantitative estimate of drug-likeness (QED) is 0.0295. The number of aromatic nitrogens is 2. The molecule has 0 saturated carbocycles. The minimum atomic E-state index is -1.95. The van der Waals surface area contributed by atoms with Crippen LogP contribution in [0.5, 0.6) is 5.75 Å². The number of nitrogens with one attached hydrogen (secondary N) is 13. The van der Waals surface area contributed by atoms with E-state index in [0.29, 0.717) is 57.2 Å². The van der Waals surface area contributed by atoms with Gasteiger partial charge in [-0.2, -0.15) is 0 Å².